The van der Waals surface area contributed by atoms with E-state index >= 15 is 0 Å². The van der Waals surface area contributed by atoms with Crippen LogP contribution in [0.5, 0.6) is 0 Å². The molecule has 3 rings (SSSR count). The molecule has 0 spiro atoms. The molecule has 2 aromatic rings. The van der Waals surface area contributed by atoms with Crippen LogP contribution in [0.15, 0.2) is 53.4 Å². The molecule has 6 nitrogen and oxygen atoms in total. The third kappa shape index (κ3) is 3.39. The van der Waals surface area contributed by atoms with Gasteiger partial charge in [0.05, 0.1) is 9.83 Å². The predicted octanol–water partition coefficient (Wildman–Crippen LogP) is 3.78. The normalized spacial score (nSPS) is 15.6. The third-order valence-electron chi connectivity index (χ3n) is 3.49. The summed E-state index contributed by atoms with van der Waals surface area (Å²) in [5.74, 6) is -1.98. The predicted molar refractivity (Wildman–Crippen MR) is 98.8 cm³/mol. The molecule has 130 valence electrons. The lowest BCUT2D eigenvalue weighted by Crippen LogP contribution is -2.34. The quantitative estimate of drug-likeness (QED) is 0.262. The fourth-order valence-corrected chi connectivity index (χ4v) is 3.50. The van der Waals surface area contributed by atoms with Crippen LogP contribution in [-0.4, -0.2) is 26.0 Å². The van der Waals surface area contributed by atoms with Crippen LogP contribution in [0.25, 0.3) is 6.08 Å². The van der Waals surface area contributed by atoms with Gasteiger partial charge in [-0.1, -0.05) is 48.2 Å². The Bertz CT molecular complexity index is 990. The van der Waals surface area contributed by atoms with Crippen molar-refractivity contribution in [1.29, 1.82) is 0 Å². The highest BCUT2D eigenvalue weighted by molar-refractivity contribution is 8.26. The van der Waals surface area contributed by atoms with Gasteiger partial charge in [0.15, 0.2) is 4.32 Å². The summed E-state index contributed by atoms with van der Waals surface area (Å²) in [6.45, 7) is 0. The molecule has 2 amide bonds. The maximum atomic E-state index is 13.8. The van der Waals surface area contributed by atoms with Crippen LogP contribution in [0, 0.1) is 15.9 Å². The zero-order valence-corrected chi connectivity index (χ0v) is 14.6. The van der Waals surface area contributed by atoms with E-state index in [1.165, 1.54) is 42.5 Å². The largest absolute Gasteiger partial charge is 0.273 e. The Balaban J connectivity index is 1.92. The molecule has 0 radical (unpaired) electrons. The van der Waals surface area contributed by atoms with Gasteiger partial charge in [0.2, 0.25) is 0 Å². The van der Waals surface area contributed by atoms with Crippen molar-refractivity contribution in [3.05, 3.63) is 80.5 Å². The average molecular weight is 388 g/mol. The number of imide groups is 1. The summed E-state index contributed by atoms with van der Waals surface area (Å²) in [6, 6.07) is 10.9. The first-order chi connectivity index (χ1) is 12.4. The van der Waals surface area contributed by atoms with Gasteiger partial charge < -0.3 is 0 Å². The first-order valence-electron chi connectivity index (χ1n) is 7.20. The number of nitrogens with zero attached hydrogens (tertiary/aromatic N) is 2. The molecule has 0 bridgehead atoms. The van der Waals surface area contributed by atoms with Crippen molar-refractivity contribution in [1.82, 2.24) is 4.90 Å². The minimum absolute atomic E-state index is 0.0194. The molecule has 0 aliphatic carbocycles. The molecular weight excluding hydrogens is 379 g/mol. The van der Waals surface area contributed by atoms with E-state index in [1.807, 2.05) is 0 Å². The highest BCUT2D eigenvalue weighted by Gasteiger charge is 2.37. The lowest BCUT2D eigenvalue weighted by atomic mass is 10.1. The Hall–Kier alpha value is -2.91. The van der Waals surface area contributed by atoms with E-state index in [1.54, 1.807) is 6.07 Å². The fourth-order valence-electron chi connectivity index (χ4n) is 2.26. The molecule has 0 N–H and O–H groups in total. The van der Waals surface area contributed by atoms with Crippen LogP contribution in [-0.2, 0) is 4.79 Å². The minimum Gasteiger partial charge on any atom is -0.268 e. The second-order valence-electron chi connectivity index (χ2n) is 5.15. The van der Waals surface area contributed by atoms with Gasteiger partial charge in [0.25, 0.3) is 17.5 Å². The highest BCUT2D eigenvalue weighted by Crippen LogP contribution is 2.34. The molecule has 1 aliphatic rings. The Morgan fingerprint density at radius 1 is 1.23 bits per heavy atom. The van der Waals surface area contributed by atoms with Crippen molar-refractivity contribution in [2.45, 2.75) is 0 Å². The molecule has 0 atom stereocenters. The van der Waals surface area contributed by atoms with Gasteiger partial charge >= 0.3 is 0 Å². The first kappa shape index (κ1) is 17.9. The number of benzene rings is 2. The van der Waals surface area contributed by atoms with E-state index in [2.05, 4.69) is 0 Å². The molecule has 1 saturated heterocycles. The van der Waals surface area contributed by atoms with Gasteiger partial charge in [-0.2, -0.15) is 0 Å². The van der Waals surface area contributed by atoms with E-state index in [9.17, 15) is 24.1 Å². The number of thioether (sulfide) groups is 1. The number of carbonyl (C=O) groups excluding carboxylic acids is 2. The van der Waals surface area contributed by atoms with Crippen molar-refractivity contribution in [2.24, 2.45) is 0 Å². The maximum Gasteiger partial charge on any atom is 0.273 e. The molecule has 0 unspecified atom stereocenters. The zero-order valence-electron chi connectivity index (χ0n) is 12.9. The van der Waals surface area contributed by atoms with Crippen LogP contribution in [0.2, 0.25) is 0 Å². The summed E-state index contributed by atoms with van der Waals surface area (Å²) >= 11 is 5.95. The molecule has 1 heterocycles. The Labute approximate surface area is 156 Å². The number of halogens is 1. The summed E-state index contributed by atoms with van der Waals surface area (Å²) in [6.07, 6.45) is 1.31. The summed E-state index contributed by atoms with van der Waals surface area (Å²) in [5.41, 5.74) is -0.123. The van der Waals surface area contributed by atoms with Crippen molar-refractivity contribution >= 4 is 51.9 Å². The topological polar surface area (TPSA) is 80.5 Å². The second-order valence-corrected chi connectivity index (χ2v) is 6.83. The Morgan fingerprint density at radius 3 is 2.65 bits per heavy atom. The lowest BCUT2D eigenvalue weighted by molar-refractivity contribution is -0.384. The van der Waals surface area contributed by atoms with E-state index in [0.717, 1.165) is 22.7 Å². The molecule has 1 fully saturated rings. The van der Waals surface area contributed by atoms with Gasteiger partial charge in [0, 0.05) is 23.3 Å². The average Bonchev–Trinajstić information content (AvgIpc) is 2.90. The highest BCUT2D eigenvalue weighted by atomic mass is 32.2. The monoisotopic (exact) mass is 388 g/mol. The smallest absolute Gasteiger partial charge is 0.268 e. The van der Waals surface area contributed by atoms with Crippen molar-refractivity contribution in [2.75, 3.05) is 0 Å². The van der Waals surface area contributed by atoms with Crippen LogP contribution in [0.4, 0.5) is 10.1 Å². The van der Waals surface area contributed by atoms with Crippen LogP contribution >= 0.6 is 24.0 Å². The molecule has 2 aromatic carbocycles. The van der Waals surface area contributed by atoms with Crippen molar-refractivity contribution in [3.63, 3.8) is 0 Å². The Morgan fingerprint density at radius 2 is 1.96 bits per heavy atom. The van der Waals surface area contributed by atoms with Crippen LogP contribution < -0.4 is 0 Å². The summed E-state index contributed by atoms with van der Waals surface area (Å²) in [7, 11) is 0. The SMILES string of the molecule is O=C1C(=Cc2ccccc2F)SC(=S)N1C(=O)c1cccc([N+](=O)[O-])c1. The number of hydrogen-bond donors (Lipinski definition) is 0. The van der Waals surface area contributed by atoms with Gasteiger partial charge in [-0.15, -0.1) is 0 Å². The second kappa shape index (κ2) is 7.14. The number of nitro groups is 1. The standard InChI is InChI=1S/C17H9FN2O4S2/c18-13-7-2-1-4-10(13)9-14-16(22)19(17(25)26-14)15(21)11-5-3-6-12(8-11)20(23)24/h1-9H. The number of nitro benzene ring substituents is 1. The number of rotatable bonds is 3. The van der Waals surface area contributed by atoms with Crippen LogP contribution in [0.3, 0.4) is 0 Å². The summed E-state index contributed by atoms with van der Waals surface area (Å²) in [5, 5.41) is 10.9. The van der Waals surface area contributed by atoms with Gasteiger partial charge in [0.1, 0.15) is 5.82 Å². The molecule has 0 aromatic heterocycles. The number of non-ortho nitro benzene ring substituents is 1. The van der Waals surface area contributed by atoms with E-state index in [0.29, 0.717) is 0 Å². The molecule has 0 saturated carbocycles. The minimum atomic E-state index is -0.770. The maximum absolute atomic E-state index is 13.8. The number of thiocarbonyl (C=S) groups is 1. The van der Waals surface area contributed by atoms with E-state index in [4.69, 9.17) is 12.2 Å². The number of amides is 2. The summed E-state index contributed by atoms with van der Waals surface area (Å²) in [4.78, 5) is 36.2. The molecular formula is C17H9FN2O4S2. The summed E-state index contributed by atoms with van der Waals surface area (Å²) < 4.78 is 13.7. The zero-order chi connectivity index (χ0) is 18.8. The van der Waals surface area contributed by atoms with Crippen LogP contribution in [0.1, 0.15) is 15.9 Å². The number of carbonyl (C=O) groups is 2. The van der Waals surface area contributed by atoms with Crippen molar-refractivity contribution < 1.29 is 18.9 Å². The lowest BCUT2D eigenvalue weighted by Gasteiger charge is -2.12. The molecule has 9 heteroatoms. The molecule has 1 aliphatic heterocycles. The third-order valence-corrected chi connectivity index (χ3v) is 4.79. The van der Waals surface area contributed by atoms with E-state index < -0.39 is 22.6 Å². The van der Waals surface area contributed by atoms with Crippen molar-refractivity contribution in [3.8, 4) is 0 Å². The van der Waals surface area contributed by atoms with Gasteiger partial charge in [-0.25, -0.2) is 9.29 Å². The van der Waals surface area contributed by atoms with Gasteiger partial charge in [-0.3, -0.25) is 19.7 Å². The fraction of sp³-hybridized carbons (Fsp3) is 0. The van der Waals surface area contributed by atoms with Gasteiger partial charge in [-0.05, 0) is 18.2 Å². The first-order valence-corrected chi connectivity index (χ1v) is 8.42. The van der Waals surface area contributed by atoms with E-state index in [-0.39, 0.29) is 26.0 Å². The Kier molecular flexibility index (Phi) is 4.92. The molecule has 26 heavy (non-hydrogen) atoms. The number of hydrogen-bond acceptors (Lipinski definition) is 6.